The molecule has 0 bridgehead atoms. The Morgan fingerprint density at radius 2 is 1.25 bits per heavy atom. The number of carbonyl (C=O) groups is 1. The molecule has 1 fully saturated rings. The minimum Gasteiger partial charge on any atom is -0.468 e. The minimum atomic E-state index is -0.629. The summed E-state index contributed by atoms with van der Waals surface area (Å²) in [5.74, 6) is 0.439. The topological polar surface area (TPSA) is 50.4 Å². The number of methoxy groups -OCH3 is 1. The number of esters is 1. The van der Waals surface area contributed by atoms with Crippen LogP contribution in [0.15, 0.2) is 121 Å². The third-order valence-corrected chi connectivity index (χ3v) is 8.04. The highest BCUT2D eigenvalue weighted by Crippen LogP contribution is 2.41. The van der Waals surface area contributed by atoms with Crippen LogP contribution in [0.1, 0.15) is 28.3 Å². The SMILES string of the molecule is COC(=O)[C@@H]1CS[C@H]([C@@H](NC(c2ccccc2)(c2ccccc2)c2ccccc2)c2ccccc2)N1. The highest BCUT2D eigenvalue weighted by atomic mass is 32.2. The Morgan fingerprint density at radius 1 is 0.806 bits per heavy atom. The first-order valence-electron chi connectivity index (χ1n) is 12.2. The summed E-state index contributed by atoms with van der Waals surface area (Å²) < 4.78 is 5.04. The van der Waals surface area contributed by atoms with Crippen LogP contribution in [0.3, 0.4) is 0 Å². The van der Waals surface area contributed by atoms with E-state index in [9.17, 15) is 4.79 Å². The summed E-state index contributed by atoms with van der Waals surface area (Å²) in [6, 6.07) is 41.8. The van der Waals surface area contributed by atoms with E-state index >= 15 is 0 Å². The van der Waals surface area contributed by atoms with Crippen molar-refractivity contribution in [2.45, 2.75) is 23.0 Å². The largest absolute Gasteiger partial charge is 0.468 e. The molecule has 0 saturated carbocycles. The van der Waals surface area contributed by atoms with Gasteiger partial charge in [-0.2, -0.15) is 0 Å². The van der Waals surface area contributed by atoms with Crippen molar-refractivity contribution in [3.63, 3.8) is 0 Å². The Hall–Kier alpha value is -3.38. The Balaban J connectivity index is 1.68. The van der Waals surface area contributed by atoms with Crippen LogP contribution in [0.25, 0.3) is 0 Å². The van der Waals surface area contributed by atoms with Gasteiger partial charge in [0, 0.05) is 5.75 Å². The monoisotopic (exact) mass is 494 g/mol. The second kappa shape index (κ2) is 11.1. The van der Waals surface area contributed by atoms with Crippen molar-refractivity contribution in [1.29, 1.82) is 0 Å². The smallest absolute Gasteiger partial charge is 0.323 e. The fraction of sp³-hybridized carbons (Fsp3) is 0.194. The fourth-order valence-electron chi connectivity index (χ4n) is 5.01. The van der Waals surface area contributed by atoms with Crippen molar-refractivity contribution >= 4 is 17.7 Å². The lowest BCUT2D eigenvalue weighted by Crippen LogP contribution is -2.51. The minimum absolute atomic E-state index is 0.0352. The van der Waals surface area contributed by atoms with Gasteiger partial charge in [-0.3, -0.25) is 15.4 Å². The molecule has 1 heterocycles. The van der Waals surface area contributed by atoms with Crippen LogP contribution in [-0.4, -0.2) is 30.2 Å². The molecular formula is C31H30N2O2S. The summed E-state index contributed by atoms with van der Waals surface area (Å²) >= 11 is 1.75. The highest BCUT2D eigenvalue weighted by Gasteiger charge is 2.43. The predicted molar refractivity (Wildman–Crippen MR) is 147 cm³/mol. The first kappa shape index (κ1) is 24.3. The number of carbonyl (C=O) groups excluding carboxylic acids is 1. The molecule has 36 heavy (non-hydrogen) atoms. The molecule has 0 aromatic heterocycles. The third-order valence-electron chi connectivity index (χ3n) is 6.75. The number of thioether (sulfide) groups is 1. The summed E-state index contributed by atoms with van der Waals surface area (Å²) in [6.45, 7) is 0. The third kappa shape index (κ3) is 4.82. The lowest BCUT2D eigenvalue weighted by molar-refractivity contribution is -0.142. The van der Waals surface area contributed by atoms with Gasteiger partial charge in [0.15, 0.2) is 0 Å². The van der Waals surface area contributed by atoms with Crippen molar-refractivity contribution in [2.75, 3.05) is 12.9 Å². The van der Waals surface area contributed by atoms with E-state index in [1.165, 1.54) is 7.11 Å². The van der Waals surface area contributed by atoms with Gasteiger partial charge >= 0.3 is 5.97 Å². The molecule has 0 spiro atoms. The van der Waals surface area contributed by atoms with Crippen LogP contribution in [-0.2, 0) is 15.1 Å². The first-order valence-corrected chi connectivity index (χ1v) is 13.2. The molecule has 182 valence electrons. The van der Waals surface area contributed by atoms with Gasteiger partial charge in [-0.05, 0) is 22.3 Å². The summed E-state index contributed by atoms with van der Waals surface area (Å²) in [7, 11) is 1.44. The fourth-order valence-corrected chi connectivity index (χ4v) is 6.32. The molecule has 4 aromatic rings. The van der Waals surface area contributed by atoms with Gasteiger partial charge in [0.25, 0.3) is 0 Å². The van der Waals surface area contributed by atoms with Crippen LogP contribution < -0.4 is 10.6 Å². The highest BCUT2D eigenvalue weighted by molar-refractivity contribution is 8.00. The van der Waals surface area contributed by atoms with Gasteiger partial charge in [-0.15, -0.1) is 11.8 Å². The number of benzene rings is 4. The Labute approximate surface area is 217 Å². The molecule has 1 aliphatic rings. The van der Waals surface area contributed by atoms with E-state index in [1.807, 2.05) is 24.3 Å². The number of hydrogen-bond donors (Lipinski definition) is 2. The van der Waals surface area contributed by atoms with E-state index in [0.717, 1.165) is 22.3 Å². The molecule has 0 aliphatic carbocycles. The van der Waals surface area contributed by atoms with Gasteiger partial charge in [0.05, 0.1) is 24.1 Å². The van der Waals surface area contributed by atoms with Crippen LogP contribution in [0.2, 0.25) is 0 Å². The van der Waals surface area contributed by atoms with Crippen molar-refractivity contribution in [2.24, 2.45) is 0 Å². The number of nitrogens with one attached hydrogen (secondary N) is 2. The lowest BCUT2D eigenvalue weighted by Gasteiger charge is -2.42. The molecule has 0 unspecified atom stereocenters. The average molecular weight is 495 g/mol. The van der Waals surface area contributed by atoms with Crippen molar-refractivity contribution < 1.29 is 9.53 Å². The molecule has 4 nitrogen and oxygen atoms in total. The first-order chi connectivity index (χ1) is 17.7. The van der Waals surface area contributed by atoms with Crippen LogP contribution in [0, 0.1) is 0 Å². The molecule has 5 heteroatoms. The zero-order chi connectivity index (χ0) is 24.8. The summed E-state index contributed by atoms with van der Waals surface area (Å²) in [6.07, 6.45) is 0. The van der Waals surface area contributed by atoms with Crippen molar-refractivity contribution in [1.82, 2.24) is 10.6 Å². The number of rotatable bonds is 8. The molecule has 1 aliphatic heterocycles. The van der Waals surface area contributed by atoms with Gasteiger partial charge in [-0.1, -0.05) is 121 Å². The molecule has 3 atom stereocenters. The summed E-state index contributed by atoms with van der Waals surface area (Å²) in [4.78, 5) is 12.3. The Kier molecular flexibility index (Phi) is 7.52. The number of hydrogen-bond acceptors (Lipinski definition) is 5. The van der Waals surface area contributed by atoms with E-state index in [0.29, 0.717) is 5.75 Å². The molecular weight excluding hydrogens is 464 g/mol. The maximum Gasteiger partial charge on any atom is 0.323 e. The number of ether oxygens (including phenoxy) is 1. The Morgan fingerprint density at radius 3 is 1.69 bits per heavy atom. The van der Waals surface area contributed by atoms with Crippen LogP contribution in [0.5, 0.6) is 0 Å². The second-order valence-electron chi connectivity index (χ2n) is 8.88. The van der Waals surface area contributed by atoms with E-state index in [4.69, 9.17) is 4.74 Å². The molecule has 1 saturated heterocycles. The molecule has 4 aromatic carbocycles. The second-order valence-corrected chi connectivity index (χ2v) is 10.1. The van der Waals surface area contributed by atoms with E-state index < -0.39 is 5.54 Å². The molecule has 5 rings (SSSR count). The van der Waals surface area contributed by atoms with Gasteiger partial charge in [0.1, 0.15) is 6.04 Å². The predicted octanol–water partition coefficient (Wildman–Crippen LogP) is 5.51. The van der Waals surface area contributed by atoms with Crippen LogP contribution >= 0.6 is 11.8 Å². The summed E-state index contributed by atoms with van der Waals surface area (Å²) in [5, 5.41) is 7.62. The molecule has 2 N–H and O–H groups in total. The van der Waals surface area contributed by atoms with Gasteiger partial charge < -0.3 is 4.74 Å². The van der Waals surface area contributed by atoms with E-state index in [2.05, 4.69) is 108 Å². The van der Waals surface area contributed by atoms with E-state index in [1.54, 1.807) is 11.8 Å². The van der Waals surface area contributed by atoms with Crippen molar-refractivity contribution in [3.8, 4) is 0 Å². The van der Waals surface area contributed by atoms with E-state index in [-0.39, 0.29) is 23.4 Å². The maximum atomic E-state index is 12.3. The van der Waals surface area contributed by atoms with Crippen molar-refractivity contribution in [3.05, 3.63) is 144 Å². The van der Waals surface area contributed by atoms with Gasteiger partial charge in [-0.25, -0.2) is 0 Å². The normalized spacial score (nSPS) is 18.5. The lowest BCUT2D eigenvalue weighted by atomic mass is 9.76. The molecule has 0 radical (unpaired) electrons. The van der Waals surface area contributed by atoms with Crippen LogP contribution in [0.4, 0.5) is 0 Å². The zero-order valence-corrected chi connectivity index (χ0v) is 21.0. The standard InChI is InChI=1S/C31H30N2O2S/c1-35-30(34)27-22-36-29(32-27)28(23-14-6-2-7-15-23)33-31(24-16-8-3-9-17-24,25-18-10-4-11-19-25)26-20-12-5-13-21-26/h2-21,27-29,32-33H,22H2,1H3/t27-,28-,29+/m0/s1. The zero-order valence-electron chi connectivity index (χ0n) is 20.2. The maximum absolute atomic E-state index is 12.3. The summed E-state index contributed by atoms with van der Waals surface area (Å²) in [5.41, 5.74) is 3.97. The Bertz CT molecular complexity index is 1160. The average Bonchev–Trinajstić information content (AvgIpc) is 3.45. The van der Waals surface area contributed by atoms with Gasteiger partial charge in [0.2, 0.25) is 0 Å². The quantitative estimate of drug-likeness (QED) is 0.250. The molecule has 0 amide bonds.